The molecule has 0 aliphatic carbocycles. The van der Waals surface area contributed by atoms with Gasteiger partial charge in [0.15, 0.2) is 17.1 Å². The minimum absolute atomic E-state index is 0.165. The average Bonchev–Trinajstić information content (AvgIpc) is 3.43. The molecule has 1 saturated heterocycles. The van der Waals surface area contributed by atoms with Gasteiger partial charge in [0, 0.05) is 31.4 Å². The molecule has 0 bridgehead atoms. The molecule has 0 spiro atoms. The molecule has 2 aliphatic heterocycles. The van der Waals surface area contributed by atoms with Crippen molar-refractivity contribution in [2.24, 2.45) is 0 Å². The number of ether oxygens (including phenoxy) is 3. The fourth-order valence-corrected chi connectivity index (χ4v) is 3.75. The third-order valence-electron chi connectivity index (χ3n) is 5.35. The van der Waals surface area contributed by atoms with E-state index < -0.39 is 0 Å². The first kappa shape index (κ1) is 18.8. The number of carbonyl (C=O) groups is 1. The van der Waals surface area contributed by atoms with Crippen LogP contribution in [0.3, 0.4) is 0 Å². The Hall–Kier alpha value is -3.17. The minimum Gasteiger partial charge on any atom is -0.454 e. The number of rotatable bonds is 6. The summed E-state index contributed by atoms with van der Waals surface area (Å²) in [6.07, 6.45) is 4.14. The predicted octanol–water partition coefficient (Wildman–Crippen LogP) is 1.58. The van der Waals surface area contributed by atoms with Crippen LogP contribution in [0.1, 0.15) is 16.8 Å². The molecule has 9 heteroatoms. The van der Waals surface area contributed by atoms with Gasteiger partial charge < -0.3 is 19.5 Å². The maximum absolute atomic E-state index is 12.7. The zero-order valence-electron chi connectivity index (χ0n) is 16.5. The highest BCUT2D eigenvalue weighted by Gasteiger charge is 2.18. The molecule has 0 radical (unpaired) electrons. The van der Waals surface area contributed by atoms with Crippen molar-refractivity contribution in [1.82, 2.24) is 24.8 Å². The number of nitrogens with one attached hydrogen (secondary N) is 1. The van der Waals surface area contributed by atoms with Crippen molar-refractivity contribution in [3.05, 3.63) is 42.2 Å². The molecule has 1 N–H and O–H groups in total. The number of fused-ring (bicyclic) bond motifs is 2. The lowest BCUT2D eigenvalue weighted by atomic mass is 10.1. The molecule has 5 rings (SSSR count). The summed E-state index contributed by atoms with van der Waals surface area (Å²) in [4.78, 5) is 19.4. The van der Waals surface area contributed by atoms with Gasteiger partial charge in [-0.05, 0) is 37.2 Å². The van der Waals surface area contributed by atoms with Crippen LogP contribution < -0.4 is 14.8 Å². The van der Waals surface area contributed by atoms with Gasteiger partial charge in [0.25, 0.3) is 5.91 Å². The van der Waals surface area contributed by atoms with Gasteiger partial charge in [-0.1, -0.05) is 0 Å². The smallest absolute Gasteiger partial charge is 0.256 e. The van der Waals surface area contributed by atoms with Crippen LogP contribution in [-0.2, 0) is 4.74 Å². The molecular formula is C21H23N5O4. The summed E-state index contributed by atoms with van der Waals surface area (Å²) in [5.74, 6) is 1.26. The molecule has 30 heavy (non-hydrogen) atoms. The number of benzene rings is 1. The van der Waals surface area contributed by atoms with Crippen LogP contribution in [0, 0.1) is 0 Å². The lowest BCUT2D eigenvalue weighted by Gasteiger charge is -2.26. The monoisotopic (exact) mass is 409 g/mol. The van der Waals surface area contributed by atoms with Gasteiger partial charge in [-0.3, -0.25) is 9.69 Å². The third-order valence-corrected chi connectivity index (χ3v) is 5.35. The largest absolute Gasteiger partial charge is 0.454 e. The van der Waals surface area contributed by atoms with Gasteiger partial charge in [-0.2, -0.15) is 5.10 Å². The van der Waals surface area contributed by atoms with Crippen molar-refractivity contribution in [1.29, 1.82) is 0 Å². The lowest BCUT2D eigenvalue weighted by molar-refractivity contribution is 0.0374. The number of aromatic nitrogens is 3. The van der Waals surface area contributed by atoms with Crippen LogP contribution in [0.2, 0.25) is 0 Å². The molecule has 3 aromatic rings. The summed E-state index contributed by atoms with van der Waals surface area (Å²) < 4.78 is 17.9. The Morgan fingerprint density at radius 1 is 1.13 bits per heavy atom. The topological polar surface area (TPSA) is 90.2 Å². The quantitative estimate of drug-likeness (QED) is 0.618. The van der Waals surface area contributed by atoms with Crippen LogP contribution in [0.4, 0.5) is 0 Å². The van der Waals surface area contributed by atoms with Crippen LogP contribution in [0.25, 0.3) is 16.9 Å². The van der Waals surface area contributed by atoms with Crippen molar-refractivity contribution >= 4 is 11.6 Å². The zero-order chi connectivity index (χ0) is 20.3. The summed E-state index contributed by atoms with van der Waals surface area (Å²) in [6.45, 7) is 5.25. The fraction of sp³-hybridized carbons (Fsp3) is 0.381. The number of amides is 1. The van der Waals surface area contributed by atoms with Crippen molar-refractivity contribution in [2.45, 2.75) is 6.42 Å². The van der Waals surface area contributed by atoms with E-state index in [1.54, 1.807) is 16.9 Å². The summed E-state index contributed by atoms with van der Waals surface area (Å²) in [5, 5.41) is 7.39. The highest BCUT2D eigenvalue weighted by atomic mass is 16.7. The molecule has 2 aromatic heterocycles. The SMILES string of the molecule is O=C(NCCCN1CCOCC1)c1cnn2c(-c3ccc4c(c3)OCO4)ccnc12. The van der Waals surface area contributed by atoms with Crippen molar-refractivity contribution in [2.75, 3.05) is 46.2 Å². The normalized spacial score (nSPS) is 16.1. The highest BCUT2D eigenvalue weighted by molar-refractivity contribution is 5.99. The van der Waals surface area contributed by atoms with Crippen molar-refractivity contribution < 1.29 is 19.0 Å². The molecule has 2 aliphatic rings. The van der Waals surface area contributed by atoms with E-state index in [4.69, 9.17) is 14.2 Å². The van der Waals surface area contributed by atoms with Gasteiger partial charge in [-0.15, -0.1) is 0 Å². The Morgan fingerprint density at radius 2 is 2.00 bits per heavy atom. The Bertz CT molecular complexity index is 1060. The van der Waals surface area contributed by atoms with E-state index >= 15 is 0 Å². The van der Waals surface area contributed by atoms with E-state index in [0.29, 0.717) is 23.5 Å². The van der Waals surface area contributed by atoms with Crippen molar-refractivity contribution in [3.63, 3.8) is 0 Å². The fourth-order valence-electron chi connectivity index (χ4n) is 3.75. The Labute approximate surface area is 173 Å². The third kappa shape index (κ3) is 3.69. The first-order chi connectivity index (χ1) is 14.8. The first-order valence-electron chi connectivity index (χ1n) is 10.1. The Balaban J connectivity index is 1.29. The minimum atomic E-state index is -0.165. The molecule has 4 heterocycles. The van der Waals surface area contributed by atoms with Gasteiger partial charge in [0.05, 0.1) is 25.1 Å². The van der Waals surface area contributed by atoms with E-state index in [2.05, 4.69) is 20.3 Å². The second-order valence-electron chi connectivity index (χ2n) is 7.26. The number of morpholine rings is 1. The number of hydrogen-bond donors (Lipinski definition) is 1. The van der Waals surface area contributed by atoms with E-state index in [0.717, 1.165) is 56.3 Å². The van der Waals surface area contributed by atoms with Gasteiger partial charge in [0.2, 0.25) is 6.79 Å². The Kier molecular flexibility index (Phi) is 5.20. The molecule has 156 valence electrons. The van der Waals surface area contributed by atoms with E-state index in [1.807, 2.05) is 24.3 Å². The summed E-state index contributed by atoms with van der Waals surface area (Å²) in [6, 6.07) is 7.58. The number of nitrogens with zero attached hydrogens (tertiary/aromatic N) is 4. The van der Waals surface area contributed by atoms with Gasteiger partial charge >= 0.3 is 0 Å². The lowest BCUT2D eigenvalue weighted by Crippen LogP contribution is -2.38. The highest BCUT2D eigenvalue weighted by Crippen LogP contribution is 2.35. The Morgan fingerprint density at radius 3 is 2.90 bits per heavy atom. The summed E-state index contributed by atoms with van der Waals surface area (Å²) in [7, 11) is 0. The summed E-state index contributed by atoms with van der Waals surface area (Å²) in [5.41, 5.74) is 2.72. The van der Waals surface area contributed by atoms with Crippen LogP contribution in [0.5, 0.6) is 11.5 Å². The average molecular weight is 409 g/mol. The molecular weight excluding hydrogens is 386 g/mol. The molecule has 0 unspecified atom stereocenters. The van der Waals surface area contributed by atoms with E-state index in [1.165, 1.54) is 0 Å². The van der Waals surface area contributed by atoms with Gasteiger partial charge in [-0.25, -0.2) is 9.50 Å². The molecule has 0 atom stereocenters. The van der Waals surface area contributed by atoms with Crippen molar-refractivity contribution in [3.8, 4) is 22.8 Å². The van der Waals surface area contributed by atoms with Crippen LogP contribution >= 0.6 is 0 Å². The molecule has 1 amide bonds. The second kappa shape index (κ2) is 8.29. The molecule has 1 aromatic carbocycles. The van der Waals surface area contributed by atoms with Gasteiger partial charge in [0.1, 0.15) is 5.56 Å². The first-order valence-corrected chi connectivity index (χ1v) is 10.1. The number of hydrogen-bond acceptors (Lipinski definition) is 7. The molecule has 0 saturated carbocycles. The standard InChI is InChI=1S/C21H23N5O4/c27-21(23-5-1-7-25-8-10-28-11-9-25)16-13-24-26-17(4-6-22-20(16)26)15-2-3-18-19(12-15)30-14-29-18/h2-4,6,12-13H,1,5,7-11,14H2,(H,23,27). The summed E-state index contributed by atoms with van der Waals surface area (Å²) >= 11 is 0. The predicted molar refractivity (Wildman–Crippen MR) is 109 cm³/mol. The maximum atomic E-state index is 12.7. The molecule has 9 nitrogen and oxygen atoms in total. The zero-order valence-corrected chi connectivity index (χ0v) is 16.5. The van der Waals surface area contributed by atoms with E-state index in [9.17, 15) is 4.79 Å². The number of carbonyl (C=O) groups excluding carboxylic acids is 1. The maximum Gasteiger partial charge on any atom is 0.256 e. The van der Waals surface area contributed by atoms with E-state index in [-0.39, 0.29) is 12.7 Å². The molecule has 1 fully saturated rings. The van der Waals surface area contributed by atoms with Crippen LogP contribution in [-0.4, -0.2) is 71.6 Å². The second-order valence-corrected chi connectivity index (χ2v) is 7.26. The van der Waals surface area contributed by atoms with Crippen LogP contribution in [0.15, 0.2) is 36.7 Å².